The van der Waals surface area contributed by atoms with Crippen molar-refractivity contribution in [2.75, 3.05) is 7.11 Å². The topological polar surface area (TPSA) is 55.2 Å². The lowest BCUT2D eigenvalue weighted by atomic mass is 10.1. The highest BCUT2D eigenvalue weighted by Crippen LogP contribution is 2.35. The molecule has 1 aromatic carbocycles. The number of nitrogens with zero attached hydrogens (tertiary/aromatic N) is 2. The Morgan fingerprint density at radius 2 is 1.78 bits per heavy atom. The van der Waals surface area contributed by atoms with Gasteiger partial charge in [-0.25, -0.2) is 4.98 Å². The van der Waals surface area contributed by atoms with Gasteiger partial charge < -0.3 is 9.84 Å². The van der Waals surface area contributed by atoms with E-state index in [1.165, 1.54) is 19.5 Å². The standard InChI is InChI=1S/C12H10Cl2N2O2/c1-18-12-10(15-5-6-16-12)11(17)9-7(13)3-2-4-8(9)14/h2-6,11,17H,1H3. The summed E-state index contributed by atoms with van der Waals surface area (Å²) in [7, 11) is 1.45. The van der Waals surface area contributed by atoms with Gasteiger partial charge in [0, 0.05) is 28.0 Å². The van der Waals surface area contributed by atoms with Crippen LogP contribution in [-0.4, -0.2) is 22.2 Å². The summed E-state index contributed by atoms with van der Waals surface area (Å²) in [5.74, 6) is 0.237. The molecule has 1 aromatic heterocycles. The van der Waals surface area contributed by atoms with Crippen molar-refractivity contribution in [3.63, 3.8) is 0 Å². The van der Waals surface area contributed by atoms with Crippen molar-refractivity contribution < 1.29 is 9.84 Å². The largest absolute Gasteiger partial charge is 0.480 e. The Balaban J connectivity index is 2.51. The van der Waals surface area contributed by atoms with E-state index in [4.69, 9.17) is 27.9 Å². The van der Waals surface area contributed by atoms with Crippen LogP contribution in [0.3, 0.4) is 0 Å². The van der Waals surface area contributed by atoms with Gasteiger partial charge in [-0.1, -0.05) is 29.3 Å². The molecule has 0 aliphatic rings. The number of benzene rings is 1. The van der Waals surface area contributed by atoms with Gasteiger partial charge in [-0.15, -0.1) is 0 Å². The summed E-state index contributed by atoms with van der Waals surface area (Å²) in [6.07, 6.45) is 1.85. The Morgan fingerprint density at radius 1 is 1.17 bits per heavy atom. The predicted octanol–water partition coefficient (Wildman–Crippen LogP) is 2.87. The van der Waals surface area contributed by atoms with E-state index in [1.807, 2.05) is 0 Å². The smallest absolute Gasteiger partial charge is 0.238 e. The third-order valence-corrected chi connectivity index (χ3v) is 3.08. The maximum Gasteiger partial charge on any atom is 0.238 e. The molecule has 6 heteroatoms. The van der Waals surface area contributed by atoms with Crippen LogP contribution in [0.2, 0.25) is 10.0 Å². The lowest BCUT2D eigenvalue weighted by Gasteiger charge is -2.15. The molecule has 4 nitrogen and oxygen atoms in total. The van der Waals surface area contributed by atoms with Crippen molar-refractivity contribution in [1.29, 1.82) is 0 Å². The van der Waals surface area contributed by atoms with Gasteiger partial charge in [-0.2, -0.15) is 0 Å². The van der Waals surface area contributed by atoms with E-state index in [1.54, 1.807) is 18.2 Å². The Kier molecular flexibility index (Phi) is 4.01. The normalized spacial score (nSPS) is 12.2. The number of halogens is 2. The van der Waals surface area contributed by atoms with Crippen LogP contribution in [-0.2, 0) is 0 Å². The van der Waals surface area contributed by atoms with E-state index in [9.17, 15) is 5.11 Å². The van der Waals surface area contributed by atoms with E-state index in [0.29, 0.717) is 15.6 Å². The zero-order valence-corrected chi connectivity index (χ0v) is 11.0. The number of hydrogen-bond acceptors (Lipinski definition) is 4. The van der Waals surface area contributed by atoms with Gasteiger partial charge in [-0.3, -0.25) is 4.98 Å². The molecular weight excluding hydrogens is 275 g/mol. The van der Waals surface area contributed by atoms with Gasteiger partial charge in [0.2, 0.25) is 5.88 Å². The van der Waals surface area contributed by atoms with Crippen molar-refractivity contribution >= 4 is 23.2 Å². The minimum absolute atomic E-state index is 0.237. The Morgan fingerprint density at radius 3 is 2.39 bits per heavy atom. The molecule has 2 aromatic rings. The number of aromatic nitrogens is 2. The summed E-state index contributed by atoms with van der Waals surface area (Å²) in [5, 5.41) is 11.0. The summed E-state index contributed by atoms with van der Waals surface area (Å²) >= 11 is 12.1. The second kappa shape index (κ2) is 5.52. The molecule has 18 heavy (non-hydrogen) atoms. The Hall–Kier alpha value is -1.36. The van der Waals surface area contributed by atoms with Gasteiger partial charge >= 0.3 is 0 Å². The molecule has 0 amide bonds. The first-order valence-electron chi connectivity index (χ1n) is 5.12. The molecule has 0 aliphatic heterocycles. The molecule has 0 aliphatic carbocycles. The van der Waals surface area contributed by atoms with Crippen molar-refractivity contribution in [2.24, 2.45) is 0 Å². The summed E-state index contributed by atoms with van der Waals surface area (Å²) < 4.78 is 5.05. The fourth-order valence-electron chi connectivity index (χ4n) is 1.59. The maximum absolute atomic E-state index is 10.3. The fraction of sp³-hybridized carbons (Fsp3) is 0.167. The van der Waals surface area contributed by atoms with Crippen molar-refractivity contribution in [3.8, 4) is 5.88 Å². The van der Waals surface area contributed by atoms with Crippen molar-refractivity contribution in [2.45, 2.75) is 6.10 Å². The minimum Gasteiger partial charge on any atom is -0.480 e. The van der Waals surface area contributed by atoms with E-state index < -0.39 is 6.10 Å². The number of hydrogen-bond donors (Lipinski definition) is 1. The highest BCUT2D eigenvalue weighted by molar-refractivity contribution is 6.36. The molecule has 1 heterocycles. The first kappa shape index (κ1) is 13.1. The molecule has 1 unspecified atom stereocenters. The van der Waals surface area contributed by atoms with Crippen LogP contribution < -0.4 is 4.74 Å². The third-order valence-electron chi connectivity index (χ3n) is 2.42. The van der Waals surface area contributed by atoms with Crippen LogP contribution in [0, 0.1) is 0 Å². The molecule has 1 N–H and O–H groups in total. The number of aliphatic hydroxyl groups excluding tert-OH is 1. The van der Waals surface area contributed by atoms with Crippen LogP contribution in [0.5, 0.6) is 5.88 Å². The second-order valence-electron chi connectivity index (χ2n) is 3.49. The van der Waals surface area contributed by atoms with Gasteiger partial charge in [0.15, 0.2) is 0 Å². The SMILES string of the molecule is COc1nccnc1C(O)c1c(Cl)cccc1Cl. The Labute approximate surface area is 114 Å². The number of aliphatic hydroxyl groups is 1. The molecule has 0 radical (unpaired) electrons. The van der Waals surface area contributed by atoms with Gasteiger partial charge in [0.1, 0.15) is 11.8 Å². The lowest BCUT2D eigenvalue weighted by molar-refractivity contribution is 0.208. The molecule has 0 fully saturated rings. The van der Waals surface area contributed by atoms with E-state index in [0.717, 1.165) is 0 Å². The third kappa shape index (κ3) is 2.41. The molecule has 0 saturated heterocycles. The molecule has 2 rings (SSSR count). The molecule has 0 saturated carbocycles. The summed E-state index contributed by atoms with van der Waals surface area (Å²) in [6, 6.07) is 5.00. The van der Waals surface area contributed by atoms with Crippen LogP contribution in [0.1, 0.15) is 17.4 Å². The van der Waals surface area contributed by atoms with E-state index in [-0.39, 0.29) is 11.6 Å². The molecule has 0 spiro atoms. The highest BCUT2D eigenvalue weighted by Gasteiger charge is 2.22. The van der Waals surface area contributed by atoms with Gasteiger partial charge in [-0.05, 0) is 12.1 Å². The van der Waals surface area contributed by atoms with Gasteiger partial charge in [0.05, 0.1) is 7.11 Å². The van der Waals surface area contributed by atoms with E-state index >= 15 is 0 Å². The average molecular weight is 285 g/mol. The number of methoxy groups -OCH3 is 1. The first-order chi connectivity index (χ1) is 8.65. The molecule has 0 bridgehead atoms. The van der Waals surface area contributed by atoms with Crippen LogP contribution in [0.4, 0.5) is 0 Å². The minimum atomic E-state index is -1.09. The quantitative estimate of drug-likeness (QED) is 0.942. The summed E-state index contributed by atoms with van der Waals surface area (Å²) in [4.78, 5) is 8.03. The number of ether oxygens (including phenoxy) is 1. The average Bonchev–Trinajstić information content (AvgIpc) is 2.38. The van der Waals surface area contributed by atoms with Crippen molar-refractivity contribution in [3.05, 3.63) is 51.9 Å². The highest BCUT2D eigenvalue weighted by atomic mass is 35.5. The molecule has 1 atom stereocenters. The second-order valence-corrected chi connectivity index (χ2v) is 4.30. The molecular formula is C12H10Cl2N2O2. The monoisotopic (exact) mass is 284 g/mol. The lowest BCUT2D eigenvalue weighted by Crippen LogP contribution is -2.07. The van der Waals surface area contributed by atoms with Crippen molar-refractivity contribution in [1.82, 2.24) is 9.97 Å². The van der Waals surface area contributed by atoms with E-state index in [2.05, 4.69) is 9.97 Å². The summed E-state index contributed by atoms with van der Waals surface area (Å²) in [5.41, 5.74) is 0.662. The van der Waals surface area contributed by atoms with Gasteiger partial charge in [0.25, 0.3) is 0 Å². The van der Waals surface area contributed by atoms with Crippen LogP contribution in [0.25, 0.3) is 0 Å². The number of rotatable bonds is 3. The maximum atomic E-state index is 10.3. The fourth-order valence-corrected chi connectivity index (χ4v) is 2.19. The van der Waals surface area contributed by atoms with Crippen LogP contribution in [0.15, 0.2) is 30.6 Å². The zero-order valence-electron chi connectivity index (χ0n) is 9.47. The first-order valence-corrected chi connectivity index (χ1v) is 5.87. The zero-order chi connectivity index (χ0) is 13.1. The molecule has 94 valence electrons. The Bertz CT molecular complexity index is 543. The summed E-state index contributed by atoms with van der Waals surface area (Å²) in [6.45, 7) is 0. The van der Waals surface area contributed by atoms with Crippen LogP contribution >= 0.6 is 23.2 Å². The predicted molar refractivity (Wildman–Crippen MR) is 69.1 cm³/mol.